The van der Waals surface area contributed by atoms with Crippen LogP contribution in [0.25, 0.3) is 11.0 Å². The van der Waals surface area contributed by atoms with Gasteiger partial charge in [-0.3, -0.25) is 9.59 Å². The molecule has 0 bridgehead atoms. The van der Waals surface area contributed by atoms with E-state index in [1.54, 1.807) is 24.1 Å². The Hall–Kier alpha value is -2.80. The minimum absolute atomic E-state index is 0.00389. The van der Waals surface area contributed by atoms with Crippen molar-refractivity contribution in [2.45, 2.75) is 45.1 Å². The third-order valence-electron chi connectivity index (χ3n) is 5.05. The van der Waals surface area contributed by atoms with E-state index >= 15 is 0 Å². The van der Waals surface area contributed by atoms with Gasteiger partial charge in [0.15, 0.2) is 5.16 Å². The number of carbonyl (C=O) groups is 2. The predicted octanol–water partition coefficient (Wildman–Crippen LogP) is 3.95. The van der Waals surface area contributed by atoms with Crippen LogP contribution in [0.5, 0.6) is 0 Å². The fourth-order valence-corrected chi connectivity index (χ4v) is 3.96. The number of hydrogen-bond donors (Lipinski definition) is 1. The lowest BCUT2D eigenvalue weighted by Gasteiger charge is -2.21. The minimum atomic E-state index is -0.0468. The number of aromatic nitrogens is 2. The maximum Gasteiger partial charge on any atom is 0.253 e. The number of para-hydroxylation sites is 2. The Balaban J connectivity index is 1.53. The number of amides is 2. The van der Waals surface area contributed by atoms with Crippen LogP contribution in [0.1, 0.15) is 36.7 Å². The molecule has 0 radical (unpaired) electrons. The number of aryl methyl sites for hydroxylation is 1. The van der Waals surface area contributed by atoms with Gasteiger partial charge in [0.25, 0.3) is 5.91 Å². The van der Waals surface area contributed by atoms with Gasteiger partial charge in [0, 0.05) is 31.7 Å². The predicted molar refractivity (Wildman–Crippen MR) is 122 cm³/mol. The largest absolute Gasteiger partial charge is 0.351 e. The summed E-state index contributed by atoms with van der Waals surface area (Å²) in [6, 6.07) is 15.5. The van der Waals surface area contributed by atoms with Crippen molar-refractivity contribution in [3.63, 3.8) is 0 Å². The van der Waals surface area contributed by atoms with Gasteiger partial charge >= 0.3 is 0 Å². The van der Waals surface area contributed by atoms with E-state index in [9.17, 15) is 9.59 Å². The highest BCUT2D eigenvalue weighted by Crippen LogP contribution is 2.23. The van der Waals surface area contributed by atoms with Crippen LogP contribution in [0.3, 0.4) is 0 Å². The summed E-state index contributed by atoms with van der Waals surface area (Å²) in [5, 5.41) is 3.79. The molecule has 0 saturated carbocycles. The Bertz CT molecular complexity index is 1030. The molecule has 30 heavy (non-hydrogen) atoms. The summed E-state index contributed by atoms with van der Waals surface area (Å²) in [7, 11) is 1.80. The lowest BCUT2D eigenvalue weighted by molar-refractivity contribution is -0.118. The van der Waals surface area contributed by atoms with E-state index in [-0.39, 0.29) is 17.9 Å². The zero-order valence-corrected chi connectivity index (χ0v) is 18.7. The summed E-state index contributed by atoms with van der Waals surface area (Å²) in [5.41, 5.74) is 3.63. The Labute approximate surface area is 181 Å². The normalized spacial score (nSPS) is 11.1. The van der Waals surface area contributed by atoms with Gasteiger partial charge in [-0.05, 0) is 50.6 Å². The van der Waals surface area contributed by atoms with Crippen molar-refractivity contribution in [1.82, 2.24) is 19.8 Å². The number of benzene rings is 2. The molecule has 0 aliphatic rings. The molecule has 3 aromatic rings. The number of nitrogens with zero attached hydrogens (tertiary/aromatic N) is 3. The monoisotopic (exact) mass is 424 g/mol. The van der Waals surface area contributed by atoms with Gasteiger partial charge in [0.05, 0.1) is 16.8 Å². The van der Waals surface area contributed by atoms with E-state index in [0.717, 1.165) is 28.3 Å². The quantitative estimate of drug-likeness (QED) is 0.556. The van der Waals surface area contributed by atoms with Gasteiger partial charge in [-0.15, -0.1) is 0 Å². The van der Waals surface area contributed by atoms with Crippen LogP contribution in [0, 0.1) is 0 Å². The standard InChI is InChI=1S/C23H28N4O2S/c1-5-27-20-9-7-6-8-19(20)25-23(27)30-15-21(28)24-14-17-10-12-18(13-11-17)22(29)26(4)16(2)3/h6-13,16H,5,14-15H2,1-4H3,(H,24,28). The van der Waals surface area contributed by atoms with Gasteiger partial charge in [0.2, 0.25) is 5.91 Å². The van der Waals surface area contributed by atoms with Gasteiger partial charge in [-0.1, -0.05) is 36.0 Å². The van der Waals surface area contributed by atoms with Crippen LogP contribution >= 0.6 is 11.8 Å². The molecular weight excluding hydrogens is 396 g/mol. The van der Waals surface area contributed by atoms with E-state index < -0.39 is 0 Å². The molecular formula is C23H28N4O2S. The highest BCUT2D eigenvalue weighted by atomic mass is 32.2. The molecule has 0 saturated heterocycles. The molecule has 0 fully saturated rings. The molecule has 0 spiro atoms. The average Bonchev–Trinajstić information content (AvgIpc) is 3.13. The van der Waals surface area contributed by atoms with Crippen molar-refractivity contribution in [2.24, 2.45) is 0 Å². The van der Waals surface area contributed by atoms with Gasteiger partial charge in [-0.2, -0.15) is 0 Å². The summed E-state index contributed by atoms with van der Waals surface area (Å²) in [6.45, 7) is 7.27. The molecule has 7 heteroatoms. The van der Waals surface area contributed by atoms with Crippen LogP contribution in [0.2, 0.25) is 0 Å². The summed E-state index contributed by atoms with van der Waals surface area (Å²) in [4.78, 5) is 31.0. The number of thioether (sulfide) groups is 1. The van der Waals surface area contributed by atoms with Crippen LogP contribution < -0.4 is 5.32 Å². The van der Waals surface area contributed by atoms with Crippen molar-refractivity contribution >= 4 is 34.6 Å². The van der Waals surface area contributed by atoms with Crippen molar-refractivity contribution in [3.8, 4) is 0 Å². The number of rotatable bonds is 8. The number of carbonyl (C=O) groups excluding carboxylic acids is 2. The fourth-order valence-electron chi connectivity index (χ4n) is 3.05. The Morgan fingerprint density at radius 1 is 1.13 bits per heavy atom. The van der Waals surface area contributed by atoms with Crippen LogP contribution in [0.15, 0.2) is 53.7 Å². The maximum atomic E-state index is 12.3. The Morgan fingerprint density at radius 2 is 1.83 bits per heavy atom. The van der Waals surface area contributed by atoms with Gasteiger partial charge < -0.3 is 14.8 Å². The first-order chi connectivity index (χ1) is 14.4. The molecule has 1 N–H and O–H groups in total. The Kier molecular flexibility index (Phi) is 7.15. The van der Waals surface area contributed by atoms with Crippen LogP contribution in [-0.4, -0.2) is 45.1 Å². The first kappa shape index (κ1) is 21.9. The molecule has 0 aliphatic heterocycles. The first-order valence-corrected chi connectivity index (χ1v) is 11.1. The first-order valence-electron chi connectivity index (χ1n) is 10.1. The molecule has 0 atom stereocenters. The zero-order chi connectivity index (χ0) is 21.7. The van der Waals surface area contributed by atoms with E-state index in [0.29, 0.717) is 17.9 Å². The van der Waals surface area contributed by atoms with Crippen LogP contribution in [0.4, 0.5) is 0 Å². The number of fused-ring (bicyclic) bond motifs is 1. The molecule has 1 aromatic heterocycles. The highest BCUT2D eigenvalue weighted by Gasteiger charge is 2.14. The summed E-state index contributed by atoms with van der Waals surface area (Å²) in [5.74, 6) is 0.254. The topological polar surface area (TPSA) is 67.2 Å². The van der Waals surface area contributed by atoms with E-state index in [1.807, 2.05) is 50.2 Å². The second-order valence-electron chi connectivity index (χ2n) is 7.40. The molecule has 6 nitrogen and oxygen atoms in total. The van der Waals surface area contributed by atoms with Crippen molar-refractivity contribution in [3.05, 3.63) is 59.7 Å². The maximum absolute atomic E-state index is 12.3. The fraction of sp³-hybridized carbons (Fsp3) is 0.348. The third-order valence-corrected chi connectivity index (χ3v) is 6.03. The zero-order valence-electron chi connectivity index (χ0n) is 17.9. The lowest BCUT2D eigenvalue weighted by atomic mass is 10.1. The minimum Gasteiger partial charge on any atom is -0.351 e. The second-order valence-corrected chi connectivity index (χ2v) is 8.34. The Morgan fingerprint density at radius 3 is 2.50 bits per heavy atom. The lowest BCUT2D eigenvalue weighted by Crippen LogP contribution is -2.32. The smallest absolute Gasteiger partial charge is 0.253 e. The van der Waals surface area contributed by atoms with Crippen molar-refractivity contribution in [2.75, 3.05) is 12.8 Å². The highest BCUT2D eigenvalue weighted by molar-refractivity contribution is 7.99. The van der Waals surface area contributed by atoms with E-state index in [1.165, 1.54) is 11.8 Å². The average molecular weight is 425 g/mol. The molecule has 158 valence electrons. The molecule has 3 rings (SSSR count). The number of imidazole rings is 1. The summed E-state index contributed by atoms with van der Waals surface area (Å²) in [6.07, 6.45) is 0. The molecule has 2 amide bonds. The van der Waals surface area contributed by atoms with Gasteiger partial charge in [0.1, 0.15) is 0 Å². The summed E-state index contributed by atoms with van der Waals surface area (Å²) >= 11 is 1.44. The van der Waals surface area contributed by atoms with Crippen molar-refractivity contribution < 1.29 is 9.59 Å². The molecule has 1 heterocycles. The van der Waals surface area contributed by atoms with Crippen molar-refractivity contribution in [1.29, 1.82) is 0 Å². The number of nitrogens with one attached hydrogen (secondary N) is 1. The molecule has 0 unspecified atom stereocenters. The van der Waals surface area contributed by atoms with Gasteiger partial charge in [-0.25, -0.2) is 4.98 Å². The number of hydrogen-bond acceptors (Lipinski definition) is 4. The van der Waals surface area contributed by atoms with E-state index in [2.05, 4.69) is 21.8 Å². The second kappa shape index (κ2) is 9.80. The molecule has 2 aromatic carbocycles. The van der Waals surface area contributed by atoms with E-state index in [4.69, 9.17) is 0 Å². The SMILES string of the molecule is CCn1c(SCC(=O)NCc2ccc(C(=O)N(C)C(C)C)cc2)nc2ccccc21. The summed E-state index contributed by atoms with van der Waals surface area (Å²) < 4.78 is 2.12. The third kappa shape index (κ3) is 5.02. The van der Waals surface area contributed by atoms with Crippen LogP contribution in [-0.2, 0) is 17.9 Å². The molecule has 0 aliphatic carbocycles.